The van der Waals surface area contributed by atoms with Crippen molar-refractivity contribution in [2.24, 2.45) is 5.41 Å². The lowest BCUT2D eigenvalue weighted by molar-refractivity contribution is -0.530. The number of amides is 1. The summed E-state index contributed by atoms with van der Waals surface area (Å²) in [5.41, 5.74) is -0.495. The van der Waals surface area contributed by atoms with Gasteiger partial charge < -0.3 is 10.5 Å². The first kappa shape index (κ1) is 16.1. The van der Waals surface area contributed by atoms with E-state index in [0.29, 0.717) is 11.5 Å². The van der Waals surface area contributed by atoms with Crippen LogP contribution in [0, 0.1) is 10.6 Å². The highest BCUT2D eigenvalue weighted by molar-refractivity contribution is 5.93. The Morgan fingerprint density at radius 3 is 2.35 bits per heavy atom. The molecule has 1 rings (SSSR count). The number of rotatable bonds is 2. The van der Waals surface area contributed by atoms with E-state index in [-0.39, 0.29) is 5.91 Å². The number of aromatic nitrogens is 1. The average molecular weight is 277 g/mol. The van der Waals surface area contributed by atoms with Gasteiger partial charge >= 0.3 is 0 Å². The molecule has 5 nitrogen and oxygen atoms in total. The normalized spacial score (nSPS) is 13.2. The summed E-state index contributed by atoms with van der Waals surface area (Å²) in [6, 6.07) is 5.18. The third-order valence-electron chi connectivity index (χ3n) is 2.60. The summed E-state index contributed by atoms with van der Waals surface area (Å²) < 4.78 is 0.852. The zero-order chi connectivity index (χ0) is 15.6. The molecule has 0 radical (unpaired) electrons. The van der Waals surface area contributed by atoms with Gasteiger partial charge in [0.05, 0.1) is 0 Å². The van der Waals surface area contributed by atoms with E-state index in [4.69, 9.17) is 0 Å². The second-order valence-corrected chi connectivity index (χ2v) is 6.78. The molecule has 0 bridgehead atoms. The number of hydrogen-bond acceptors (Lipinski definition) is 3. The second kappa shape index (κ2) is 5.61. The van der Waals surface area contributed by atoms with Crippen LogP contribution in [-0.4, -0.2) is 27.4 Å². The summed E-state index contributed by atoms with van der Waals surface area (Å²) in [4.78, 5) is 16.1. The summed E-state index contributed by atoms with van der Waals surface area (Å²) in [7, 11) is 0. The maximum Gasteiger partial charge on any atom is 0.230 e. The number of nitrogens with zero attached hydrogens (tertiary/aromatic N) is 2. The van der Waals surface area contributed by atoms with Crippen LogP contribution in [0.4, 0.5) is 5.82 Å². The van der Waals surface area contributed by atoms with Crippen LogP contribution in [0.2, 0.25) is 0 Å². The Morgan fingerprint density at radius 1 is 1.25 bits per heavy atom. The van der Waals surface area contributed by atoms with Crippen molar-refractivity contribution < 1.29 is 9.53 Å². The van der Waals surface area contributed by atoms with Crippen molar-refractivity contribution in [3.05, 3.63) is 29.1 Å². The predicted molar refractivity (Wildman–Crippen MR) is 80.9 cm³/mol. The van der Waals surface area contributed by atoms with E-state index in [2.05, 4.69) is 10.3 Å². The molecule has 1 heterocycles. The highest BCUT2D eigenvalue weighted by Gasteiger charge is 2.22. The number of hydroxylamine groups is 1. The second-order valence-electron chi connectivity index (χ2n) is 6.78. The number of pyridine rings is 1. The molecule has 0 aliphatic heterocycles. The van der Waals surface area contributed by atoms with Crippen molar-refractivity contribution in [1.29, 1.82) is 0 Å². The molecule has 0 atom stereocenters. The number of anilines is 1. The van der Waals surface area contributed by atoms with Crippen LogP contribution in [0.3, 0.4) is 0 Å². The van der Waals surface area contributed by atoms with Crippen LogP contribution in [0.5, 0.6) is 0 Å². The minimum atomic E-state index is -0.521. The number of carbonyl (C=O) groups excluding carboxylic acids is 1. The lowest BCUT2D eigenvalue weighted by Crippen LogP contribution is -2.30. The van der Waals surface area contributed by atoms with E-state index < -0.39 is 11.0 Å². The minimum absolute atomic E-state index is 0.114. The number of carbonyl (C=O) groups is 1. The van der Waals surface area contributed by atoms with Crippen LogP contribution in [0.25, 0.3) is 0 Å². The van der Waals surface area contributed by atoms with E-state index in [1.54, 1.807) is 18.2 Å². The Hall–Kier alpha value is -1.91. The standard InChI is InChI=1S/C15H23N3O2/c1-14(2,3)13(19)17-12-9-7-8-11(16-12)10-18(20)15(4,5)6/h7-10H,1-6H3,(H,16,17,19)/b18-10-. The number of nitrogens with one attached hydrogen (secondary N) is 1. The smallest absolute Gasteiger partial charge is 0.230 e. The van der Waals surface area contributed by atoms with E-state index >= 15 is 0 Å². The fraction of sp³-hybridized carbons (Fsp3) is 0.533. The third-order valence-corrected chi connectivity index (χ3v) is 2.60. The fourth-order valence-electron chi connectivity index (χ4n) is 1.21. The molecule has 0 aromatic carbocycles. The Balaban J connectivity index is 2.95. The van der Waals surface area contributed by atoms with Gasteiger partial charge in [0.1, 0.15) is 11.5 Å². The maximum absolute atomic E-state index is 11.9. The van der Waals surface area contributed by atoms with Crippen molar-refractivity contribution in [3.63, 3.8) is 0 Å². The van der Waals surface area contributed by atoms with Crippen molar-refractivity contribution in [2.75, 3.05) is 5.32 Å². The minimum Gasteiger partial charge on any atom is -0.623 e. The summed E-state index contributed by atoms with van der Waals surface area (Å²) in [5.74, 6) is 0.331. The van der Waals surface area contributed by atoms with Gasteiger partial charge in [0.25, 0.3) is 0 Å². The van der Waals surface area contributed by atoms with Gasteiger partial charge in [0.15, 0.2) is 5.54 Å². The molecular weight excluding hydrogens is 254 g/mol. The Morgan fingerprint density at radius 2 is 1.85 bits per heavy atom. The topological polar surface area (TPSA) is 68.1 Å². The molecule has 1 N–H and O–H groups in total. The molecule has 0 aliphatic carbocycles. The Kier molecular flexibility index (Phi) is 4.53. The lowest BCUT2D eigenvalue weighted by atomic mass is 9.96. The Labute approximate surface area is 120 Å². The van der Waals surface area contributed by atoms with Crippen LogP contribution in [0.1, 0.15) is 47.2 Å². The molecule has 0 unspecified atom stereocenters. The lowest BCUT2D eigenvalue weighted by Gasteiger charge is -2.19. The quantitative estimate of drug-likeness (QED) is 0.391. The van der Waals surface area contributed by atoms with Gasteiger partial charge in [-0.25, -0.2) is 9.72 Å². The molecule has 0 fully saturated rings. The zero-order valence-electron chi connectivity index (χ0n) is 13.0. The van der Waals surface area contributed by atoms with Gasteiger partial charge in [0, 0.05) is 26.2 Å². The molecule has 0 spiro atoms. The summed E-state index contributed by atoms with van der Waals surface area (Å²) in [6.07, 6.45) is 1.42. The first-order valence-corrected chi connectivity index (χ1v) is 6.60. The predicted octanol–water partition coefficient (Wildman–Crippen LogP) is 2.79. The van der Waals surface area contributed by atoms with Crippen molar-refractivity contribution in [1.82, 2.24) is 4.98 Å². The van der Waals surface area contributed by atoms with Crippen LogP contribution in [-0.2, 0) is 4.79 Å². The van der Waals surface area contributed by atoms with Crippen LogP contribution in [0.15, 0.2) is 18.2 Å². The molecule has 1 amide bonds. The summed E-state index contributed by atoms with van der Waals surface area (Å²) >= 11 is 0. The molecule has 1 aromatic rings. The van der Waals surface area contributed by atoms with Crippen LogP contribution >= 0.6 is 0 Å². The first-order chi connectivity index (χ1) is 9.00. The third kappa shape index (κ3) is 4.64. The molecule has 0 saturated heterocycles. The van der Waals surface area contributed by atoms with Crippen LogP contribution < -0.4 is 5.32 Å². The molecule has 110 valence electrons. The summed E-state index contributed by atoms with van der Waals surface area (Å²) in [5, 5.41) is 14.6. The van der Waals surface area contributed by atoms with Gasteiger partial charge in [0.2, 0.25) is 12.1 Å². The molecule has 0 saturated carbocycles. The highest BCUT2D eigenvalue weighted by atomic mass is 16.5. The SMILES string of the molecule is CC(C)(C)C(=O)Nc1cccc(/C=[N+](\[O-])C(C)(C)C)n1. The van der Waals surface area contributed by atoms with E-state index in [9.17, 15) is 10.0 Å². The first-order valence-electron chi connectivity index (χ1n) is 6.60. The van der Waals surface area contributed by atoms with E-state index in [1.807, 2.05) is 41.5 Å². The van der Waals surface area contributed by atoms with Crippen molar-refractivity contribution in [3.8, 4) is 0 Å². The average Bonchev–Trinajstić information content (AvgIpc) is 2.26. The molecular formula is C15H23N3O2. The molecule has 5 heteroatoms. The van der Waals surface area contributed by atoms with E-state index in [0.717, 1.165) is 4.74 Å². The van der Waals surface area contributed by atoms with Crippen molar-refractivity contribution >= 4 is 17.9 Å². The maximum atomic E-state index is 11.9. The number of hydrogen-bond donors (Lipinski definition) is 1. The highest BCUT2D eigenvalue weighted by Crippen LogP contribution is 2.16. The van der Waals surface area contributed by atoms with Gasteiger partial charge in [-0.2, -0.15) is 0 Å². The zero-order valence-corrected chi connectivity index (χ0v) is 13.0. The summed E-state index contributed by atoms with van der Waals surface area (Å²) in [6.45, 7) is 11.0. The fourth-order valence-corrected chi connectivity index (χ4v) is 1.21. The largest absolute Gasteiger partial charge is 0.623 e. The van der Waals surface area contributed by atoms with Gasteiger partial charge in [-0.15, -0.1) is 0 Å². The van der Waals surface area contributed by atoms with Gasteiger partial charge in [-0.3, -0.25) is 4.79 Å². The van der Waals surface area contributed by atoms with Crippen molar-refractivity contribution in [2.45, 2.75) is 47.1 Å². The van der Waals surface area contributed by atoms with E-state index in [1.165, 1.54) is 6.21 Å². The van der Waals surface area contributed by atoms with Gasteiger partial charge in [-0.05, 0) is 12.1 Å². The van der Waals surface area contributed by atoms with Gasteiger partial charge in [-0.1, -0.05) is 26.8 Å². The molecule has 1 aromatic heterocycles. The monoisotopic (exact) mass is 277 g/mol. The molecule has 20 heavy (non-hydrogen) atoms. The molecule has 0 aliphatic rings. The Bertz CT molecular complexity index is 523.